The van der Waals surface area contributed by atoms with Gasteiger partial charge in [-0.25, -0.2) is 0 Å². The normalized spacial score (nSPS) is 10.1. The molecule has 1 amide bonds. The van der Waals surface area contributed by atoms with Gasteiger partial charge in [0.25, 0.3) is 0 Å². The predicted molar refractivity (Wildman–Crippen MR) is 76.2 cm³/mol. The summed E-state index contributed by atoms with van der Waals surface area (Å²) < 4.78 is 0. The van der Waals surface area contributed by atoms with Gasteiger partial charge in [0.2, 0.25) is 5.91 Å². The lowest BCUT2D eigenvalue weighted by Gasteiger charge is -2.17. The maximum absolute atomic E-state index is 11.8. The van der Waals surface area contributed by atoms with E-state index in [1.807, 2.05) is 18.5 Å². The second-order valence-electron chi connectivity index (χ2n) is 4.67. The number of hydrogen-bond acceptors (Lipinski definition) is 3. The van der Waals surface area contributed by atoms with Crippen LogP contribution in [0.5, 0.6) is 0 Å². The lowest BCUT2D eigenvalue weighted by Crippen LogP contribution is -2.26. The molecule has 1 aromatic rings. The molecule has 3 nitrogen and oxygen atoms in total. The van der Waals surface area contributed by atoms with Gasteiger partial charge in [0.1, 0.15) is 0 Å². The van der Waals surface area contributed by atoms with E-state index >= 15 is 0 Å². The third kappa shape index (κ3) is 4.91. The SMILES string of the molecule is CC(C)CC(=O)N(C)Cc1csc(C#CCN)c1. The van der Waals surface area contributed by atoms with Gasteiger partial charge in [-0.3, -0.25) is 4.79 Å². The topological polar surface area (TPSA) is 46.3 Å². The molecular formula is C14H20N2OS. The number of nitrogens with zero attached hydrogens (tertiary/aromatic N) is 1. The van der Waals surface area contributed by atoms with E-state index in [0.29, 0.717) is 25.4 Å². The van der Waals surface area contributed by atoms with Crippen LogP contribution in [0.2, 0.25) is 0 Å². The second kappa shape index (κ2) is 7.20. The maximum atomic E-state index is 11.8. The molecule has 0 aliphatic heterocycles. The van der Waals surface area contributed by atoms with E-state index < -0.39 is 0 Å². The summed E-state index contributed by atoms with van der Waals surface area (Å²) in [5.41, 5.74) is 6.45. The van der Waals surface area contributed by atoms with Crippen molar-refractivity contribution >= 4 is 17.2 Å². The van der Waals surface area contributed by atoms with Crippen molar-refractivity contribution in [2.75, 3.05) is 13.6 Å². The molecule has 18 heavy (non-hydrogen) atoms. The Balaban J connectivity index is 2.56. The fourth-order valence-corrected chi connectivity index (χ4v) is 2.30. The Labute approximate surface area is 113 Å². The number of rotatable bonds is 4. The zero-order valence-electron chi connectivity index (χ0n) is 11.2. The van der Waals surface area contributed by atoms with Gasteiger partial charge < -0.3 is 10.6 Å². The van der Waals surface area contributed by atoms with E-state index in [4.69, 9.17) is 5.73 Å². The molecule has 0 spiro atoms. The van der Waals surface area contributed by atoms with Gasteiger partial charge in [0.15, 0.2) is 0 Å². The summed E-state index contributed by atoms with van der Waals surface area (Å²) in [5, 5.41) is 2.04. The van der Waals surface area contributed by atoms with E-state index in [2.05, 4.69) is 25.7 Å². The van der Waals surface area contributed by atoms with Crippen molar-refractivity contribution in [3.8, 4) is 11.8 Å². The highest BCUT2D eigenvalue weighted by Gasteiger charge is 2.11. The number of amides is 1. The summed E-state index contributed by atoms with van der Waals surface area (Å²) in [5.74, 6) is 6.41. The average molecular weight is 264 g/mol. The fraction of sp³-hybridized carbons (Fsp3) is 0.500. The van der Waals surface area contributed by atoms with Crippen molar-refractivity contribution in [2.24, 2.45) is 11.7 Å². The maximum Gasteiger partial charge on any atom is 0.222 e. The zero-order valence-corrected chi connectivity index (χ0v) is 12.0. The molecule has 0 radical (unpaired) electrons. The quantitative estimate of drug-likeness (QED) is 0.846. The van der Waals surface area contributed by atoms with E-state index in [-0.39, 0.29) is 5.91 Å². The van der Waals surface area contributed by atoms with Gasteiger partial charge in [-0.15, -0.1) is 11.3 Å². The van der Waals surface area contributed by atoms with Crippen molar-refractivity contribution in [3.63, 3.8) is 0 Å². The Morgan fingerprint density at radius 1 is 1.56 bits per heavy atom. The molecule has 0 saturated carbocycles. The van der Waals surface area contributed by atoms with Crippen LogP contribution >= 0.6 is 11.3 Å². The van der Waals surface area contributed by atoms with Crippen molar-refractivity contribution < 1.29 is 4.79 Å². The highest BCUT2D eigenvalue weighted by molar-refractivity contribution is 7.10. The first kappa shape index (κ1) is 14.7. The van der Waals surface area contributed by atoms with Crippen LogP contribution in [0.15, 0.2) is 11.4 Å². The Morgan fingerprint density at radius 2 is 2.28 bits per heavy atom. The molecule has 0 bridgehead atoms. The van der Waals surface area contributed by atoms with E-state index in [1.54, 1.807) is 16.2 Å². The molecule has 98 valence electrons. The first-order valence-electron chi connectivity index (χ1n) is 6.03. The third-order valence-electron chi connectivity index (χ3n) is 2.40. The first-order valence-corrected chi connectivity index (χ1v) is 6.91. The Hall–Kier alpha value is -1.31. The second-order valence-corrected chi connectivity index (χ2v) is 5.58. The van der Waals surface area contributed by atoms with Gasteiger partial charge >= 0.3 is 0 Å². The van der Waals surface area contributed by atoms with Gasteiger partial charge in [-0.05, 0) is 22.9 Å². The van der Waals surface area contributed by atoms with Crippen molar-refractivity contribution in [1.82, 2.24) is 4.90 Å². The van der Waals surface area contributed by atoms with Crippen LogP contribution in [-0.4, -0.2) is 24.4 Å². The van der Waals surface area contributed by atoms with Crippen LogP contribution in [0, 0.1) is 17.8 Å². The van der Waals surface area contributed by atoms with E-state index in [0.717, 1.165) is 10.4 Å². The molecule has 4 heteroatoms. The average Bonchev–Trinajstić information content (AvgIpc) is 2.73. The number of carbonyl (C=O) groups is 1. The van der Waals surface area contributed by atoms with Crippen molar-refractivity contribution in [1.29, 1.82) is 0 Å². The van der Waals surface area contributed by atoms with Gasteiger partial charge in [-0.2, -0.15) is 0 Å². The fourth-order valence-electron chi connectivity index (χ4n) is 1.53. The van der Waals surface area contributed by atoms with Crippen LogP contribution in [0.25, 0.3) is 0 Å². The summed E-state index contributed by atoms with van der Waals surface area (Å²) >= 11 is 1.59. The van der Waals surface area contributed by atoms with Crippen LogP contribution in [0.1, 0.15) is 30.7 Å². The number of thiophene rings is 1. The molecule has 1 rings (SSSR count). The standard InChI is InChI=1S/C14H20N2OS/c1-11(2)7-14(17)16(3)9-12-8-13(18-10-12)5-4-6-15/h8,10-11H,6-7,9,15H2,1-3H3. The minimum absolute atomic E-state index is 0.186. The zero-order chi connectivity index (χ0) is 13.5. The highest BCUT2D eigenvalue weighted by atomic mass is 32.1. The lowest BCUT2D eigenvalue weighted by atomic mass is 10.1. The number of nitrogens with two attached hydrogens (primary N) is 1. The Bertz CT molecular complexity index is 454. The first-order chi connectivity index (χ1) is 8.52. The lowest BCUT2D eigenvalue weighted by molar-refractivity contribution is -0.131. The van der Waals surface area contributed by atoms with Crippen molar-refractivity contribution in [3.05, 3.63) is 21.9 Å². The monoisotopic (exact) mass is 264 g/mol. The van der Waals surface area contributed by atoms with Crippen LogP contribution in [0.4, 0.5) is 0 Å². The molecule has 1 heterocycles. The largest absolute Gasteiger partial charge is 0.341 e. The van der Waals surface area contributed by atoms with Gasteiger partial charge in [0, 0.05) is 20.0 Å². The molecule has 0 aromatic carbocycles. The molecule has 0 aliphatic carbocycles. The summed E-state index contributed by atoms with van der Waals surface area (Å²) in [7, 11) is 1.84. The summed E-state index contributed by atoms with van der Waals surface area (Å²) in [4.78, 5) is 14.6. The van der Waals surface area contributed by atoms with Crippen LogP contribution < -0.4 is 5.73 Å². The molecule has 0 unspecified atom stereocenters. The minimum atomic E-state index is 0.186. The third-order valence-corrected chi connectivity index (χ3v) is 3.29. The molecule has 0 saturated heterocycles. The minimum Gasteiger partial charge on any atom is -0.341 e. The molecule has 0 fully saturated rings. The van der Waals surface area contributed by atoms with Crippen LogP contribution in [-0.2, 0) is 11.3 Å². The molecule has 0 aliphatic rings. The summed E-state index contributed by atoms with van der Waals surface area (Å²) in [6.45, 7) is 5.13. The Morgan fingerprint density at radius 3 is 2.89 bits per heavy atom. The molecule has 1 aromatic heterocycles. The number of carbonyl (C=O) groups excluding carboxylic acids is 1. The van der Waals surface area contributed by atoms with Gasteiger partial charge in [0.05, 0.1) is 11.4 Å². The predicted octanol–water partition coefficient (Wildman–Crippen LogP) is 2.06. The highest BCUT2D eigenvalue weighted by Crippen LogP contribution is 2.15. The smallest absolute Gasteiger partial charge is 0.222 e. The summed E-state index contributed by atoms with van der Waals surface area (Å²) in [6.07, 6.45) is 0.598. The van der Waals surface area contributed by atoms with E-state index in [1.165, 1.54) is 0 Å². The van der Waals surface area contributed by atoms with E-state index in [9.17, 15) is 4.79 Å². The summed E-state index contributed by atoms with van der Waals surface area (Å²) in [6, 6.07) is 2.02. The molecule has 0 atom stereocenters. The molecule has 2 N–H and O–H groups in total. The van der Waals surface area contributed by atoms with Crippen molar-refractivity contribution in [2.45, 2.75) is 26.8 Å². The molecular weight excluding hydrogens is 244 g/mol. The van der Waals surface area contributed by atoms with Crippen LogP contribution in [0.3, 0.4) is 0 Å². The number of hydrogen-bond donors (Lipinski definition) is 1. The van der Waals surface area contributed by atoms with Gasteiger partial charge in [-0.1, -0.05) is 25.7 Å². The Kier molecular flexibility index (Phi) is 5.90.